The second kappa shape index (κ2) is 8.15. The molecule has 3 unspecified atom stereocenters. The number of hydrogen-bond donors (Lipinski definition) is 1. The van der Waals surface area contributed by atoms with Crippen molar-refractivity contribution >= 4 is 52.1 Å². The third-order valence-electron chi connectivity index (χ3n) is 6.19. The lowest BCUT2D eigenvalue weighted by Gasteiger charge is -2.27. The molecule has 0 radical (unpaired) electrons. The van der Waals surface area contributed by atoms with Crippen LogP contribution in [-0.2, 0) is 14.3 Å². The van der Waals surface area contributed by atoms with Crippen molar-refractivity contribution in [1.29, 1.82) is 0 Å². The Bertz CT molecular complexity index is 1070. The molecule has 3 aliphatic heterocycles. The maximum atomic E-state index is 12.8. The minimum absolute atomic E-state index is 0.00817. The van der Waals surface area contributed by atoms with Gasteiger partial charge in [0, 0.05) is 30.4 Å². The summed E-state index contributed by atoms with van der Waals surface area (Å²) in [6, 6.07) is 10.7. The van der Waals surface area contributed by atoms with E-state index in [1.54, 1.807) is 21.9 Å². The molecule has 1 aromatic heterocycles. The van der Waals surface area contributed by atoms with Gasteiger partial charge in [-0.1, -0.05) is 11.6 Å². The molecule has 0 saturated carbocycles. The van der Waals surface area contributed by atoms with Gasteiger partial charge in [0.2, 0.25) is 0 Å². The molecule has 2 aromatic rings. The molecular formula is C22H22ClN3O5S. The first-order valence-electron chi connectivity index (χ1n) is 10.4. The molecule has 3 fully saturated rings. The second-order valence-electron chi connectivity index (χ2n) is 8.30. The van der Waals surface area contributed by atoms with Crippen molar-refractivity contribution in [2.75, 3.05) is 36.1 Å². The first-order chi connectivity index (χ1) is 15.3. The molecule has 5 rings (SSSR count). The van der Waals surface area contributed by atoms with Gasteiger partial charge < -0.3 is 14.4 Å². The predicted octanol–water partition coefficient (Wildman–Crippen LogP) is 3.09. The van der Waals surface area contributed by atoms with Gasteiger partial charge in [0.25, 0.3) is 5.91 Å². The summed E-state index contributed by atoms with van der Waals surface area (Å²) in [6.45, 7) is 3.37. The van der Waals surface area contributed by atoms with Gasteiger partial charge in [-0.05, 0) is 43.3 Å². The van der Waals surface area contributed by atoms with E-state index in [9.17, 15) is 14.4 Å². The molecule has 10 heteroatoms. The number of anilines is 2. The van der Waals surface area contributed by atoms with Gasteiger partial charge in [0.1, 0.15) is 12.7 Å². The number of halogens is 1. The standard InChI is InChI=1S/C22H22ClN3O5S/c1-22(20(28)16-6-7-18(23)32-16)17(24-22)10-15-11-26(21(29)31-15)14-4-2-13(3-5-14)25-8-9-30-12-19(25)27/h2-7,15,17,24H,8-12H2,1H3. The van der Waals surface area contributed by atoms with Gasteiger partial charge in [-0.3, -0.25) is 19.8 Å². The van der Waals surface area contributed by atoms with E-state index in [-0.39, 0.29) is 30.4 Å². The van der Waals surface area contributed by atoms with E-state index in [0.717, 1.165) is 5.69 Å². The van der Waals surface area contributed by atoms with Crippen molar-refractivity contribution in [2.24, 2.45) is 0 Å². The molecule has 0 aliphatic carbocycles. The van der Waals surface area contributed by atoms with E-state index in [2.05, 4.69) is 5.32 Å². The number of carbonyl (C=O) groups excluding carboxylic acids is 3. The number of thiophene rings is 1. The van der Waals surface area contributed by atoms with Crippen LogP contribution in [-0.4, -0.2) is 61.8 Å². The van der Waals surface area contributed by atoms with E-state index in [1.165, 1.54) is 11.3 Å². The van der Waals surface area contributed by atoms with Crippen molar-refractivity contribution in [1.82, 2.24) is 5.32 Å². The van der Waals surface area contributed by atoms with Crippen LogP contribution in [0.25, 0.3) is 0 Å². The molecular weight excluding hydrogens is 454 g/mol. The molecule has 3 atom stereocenters. The highest BCUT2D eigenvalue weighted by Crippen LogP contribution is 2.37. The van der Waals surface area contributed by atoms with Crippen molar-refractivity contribution in [3.05, 3.63) is 45.6 Å². The summed E-state index contributed by atoms with van der Waals surface area (Å²) in [7, 11) is 0. The fraction of sp³-hybridized carbons (Fsp3) is 0.409. The fourth-order valence-corrected chi connectivity index (χ4v) is 5.35. The molecule has 168 valence electrons. The molecule has 3 saturated heterocycles. The molecule has 0 spiro atoms. The molecule has 32 heavy (non-hydrogen) atoms. The second-order valence-corrected chi connectivity index (χ2v) is 10.0. The largest absolute Gasteiger partial charge is 0.444 e. The number of cyclic esters (lactones) is 1. The van der Waals surface area contributed by atoms with E-state index in [0.29, 0.717) is 41.0 Å². The maximum absolute atomic E-state index is 12.8. The Balaban J connectivity index is 1.20. The topological polar surface area (TPSA) is 98.1 Å². The summed E-state index contributed by atoms with van der Waals surface area (Å²) >= 11 is 7.23. The Morgan fingerprint density at radius 3 is 2.56 bits per heavy atom. The molecule has 8 nitrogen and oxygen atoms in total. The third-order valence-corrected chi connectivity index (χ3v) is 7.42. The number of morpholine rings is 1. The quantitative estimate of drug-likeness (QED) is 0.509. The summed E-state index contributed by atoms with van der Waals surface area (Å²) in [5, 5.41) is 3.25. The van der Waals surface area contributed by atoms with Gasteiger partial charge in [-0.15, -0.1) is 11.3 Å². The Morgan fingerprint density at radius 1 is 1.19 bits per heavy atom. The number of nitrogens with one attached hydrogen (secondary N) is 1. The molecule has 1 N–H and O–H groups in total. The first kappa shape index (κ1) is 21.4. The van der Waals surface area contributed by atoms with Crippen LogP contribution >= 0.6 is 22.9 Å². The average Bonchev–Trinajstić information content (AvgIpc) is 3.08. The van der Waals surface area contributed by atoms with E-state index >= 15 is 0 Å². The van der Waals surface area contributed by atoms with Crippen LogP contribution < -0.4 is 15.1 Å². The fourth-order valence-electron chi connectivity index (χ4n) is 4.25. The molecule has 0 bridgehead atoms. The van der Waals surface area contributed by atoms with Crippen molar-refractivity contribution in [3.63, 3.8) is 0 Å². The highest BCUT2D eigenvalue weighted by molar-refractivity contribution is 7.18. The van der Waals surface area contributed by atoms with E-state index < -0.39 is 11.6 Å². The highest BCUT2D eigenvalue weighted by atomic mass is 35.5. The number of hydrogen-bond acceptors (Lipinski definition) is 7. The van der Waals surface area contributed by atoms with Crippen LogP contribution in [0.3, 0.4) is 0 Å². The maximum Gasteiger partial charge on any atom is 0.414 e. The van der Waals surface area contributed by atoms with Crippen LogP contribution in [0.1, 0.15) is 23.0 Å². The number of ketones is 1. The van der Waals surface area contributed by atoms with Gasteiger partial charge in [-0.25, -0.2) is 4.79 Å². The summed E-state index contributed by atoms with van der Waals surface area (Å²) in [5.74, 6) is -0.0715. The molecule has 4 heterocycles. The van der Waals surface area contributed by atoms with Gasteiger partial charge in [0.05, 0.1) is 27.9 Å². The van der Waals surface area contributed by atoms with Crippen LogP contribution in [0.2, 0.25) is 4.34 Å². The average molecular weight is 476 g/mol. The zero-order valence-electron chi connectivity index (χ0n) is 17.4. The Morgan fingerprint density at radius 2 is 1.91 bits per heavy atom. The van der Waals surface area contributed by atoms with Crippen LogP contribution in [0.4, 0.5) is 16.2 Å². The lowest BCUT2D eigenvalue weighted by Crippen LogP contribution is -2.41. The molecule has 2 amide bonds. The highest BCUT2D eigenvalue weighted by Gasteiger charge is 2.57. The van der Waals surface area contributed by atoms with Crippen molar-refractivity contribution < 1.29 is 23.9 Å². The number of Topliss-reactive ketones (excluding diaryl/α,β-unsaturated/α-hetero) is 1. The Kier molecular flexibility index (Phi) is 5.45. The lowest BCUT2D eigenvalue weighted by molar-refractivity contribution is -0.125. The molecule has 3 aliphatic rings. The number of rotatable bonds is 6. The van der Waals surface area contributed by atoms with Gasteiger partial charge >= 0.3 is 6.09 Å². The minimum atomic E-state index is -0.666. The van der Waals surface area contributed by atoms with Gasteiger partial charge in [-0.2, -0.15) is 0 Å². The number of ether oxygens (including phenoxy) is 2. The van der Waals surface area contributed by atoms with Crippen LogP contribution in [0, 0.1) is 0 Å². The summed E-state index contributed by atoms with van der Waals surface area (Å²) in [4.78, 5) is 41.2. The minimum Gasteiger partial charge on any atom is -0.444 e. The Hall–Kier alpha value is -2.46. The Labute approximate surface area is 194 Å². The molecule has 1 aromatic carbocycles. The van der Waals surface area contributed by atoms with Crippen LogP contribution in [0.5, 0.6) is 0 Å². The van der Waals surface area contributed by atoms with Crippen molar-refractivity contribution in [3.8, 4) is 0 Å². The van der Waals surface area contributed by atoms with E-state index in [4.69, 9.17) is 21.1 Å². The zero-order chi connectivity index (χ0) is 22.5. The lowest BCUT2D eigenvalue weighted by atomic mass is 9.97. The van der Waals surface area contributed by atoms with E-state index in [1.807, 2.05) is 31.2 Å². The zero-order valence-corrected chi connectivity index (χ0v) is 18.9. The normalized spacial score (nSPS) is 27.6. The number of nitrogens with zero attached hydrogens (tertiary/aromatic N) is 2. The van der Waals surface area contributed by atoms with Crippen molar-refractivity contribution in [2.45, 2.75) is 31.0 Å². The number of benzene rings is 1. The monoisotopic (exact) mass is 475 g/mol. The summed E-state index contributed by atoms with van der Waals surface area (Å²) in [5.41, 5.74) is 0.814. The predicted molar refractivity (Wildman–Crippen MR) is 121 cm³/mol. The number of amides is 2. The van der Waals surface area contributed by atoms with Crippen LogP contribution in [0.15, 0.2) is 36.4 Å². The smallest absolute Gasteiger partial charge is 0.414 e. The third kappa shape index (κ3) is 3.90. The summed E-state index contributed by atoms with van der Waals surface area (Å²) in [6.07, 6.45) is -0.185. The number of carbonyl (C=O) groups is 3. The first-order valence-corrected chi connectivity index (χ1v) is 11.6. The SMILES string of the molecule is CC1(C(=O)c2ccc(Cl)s2)NC1CC1CN(c2ccc(N3CCOCC3=O)cc2)C(=O)O1. The van der Waals surface area contributed by atoms with Gasteiger partial charge in [0.15, 0.2) is 5.78 Å². The summed E-state index contributed by atoms with van der Waals surface area (Å²) < 4.78 is 11.3.